The van der Waals surface area contributed by atoms with Crippen molar-refractivity contribution in [1.29, 1.82) is 0 Å². The Bertz CT molecular complexity index is 249. The number of rotatable bonds is 2. The van der Waals surface area contributed by atoms with Crippen LogP contribution in [0.1, 0.15) is 51.9 Å². The van der Waals surface area contributed by atoms with Gasteiger partial charge in [0, 0.05) is 13.1 Å². The van der Waals surface area contributed by atoms with E-state index in [-0.39, 0.29) is 6.04 Å². The maximum Gasteiger partial charge on any atom is 0.239 e. The van der Waals surface area contributed by atoms with Crippen molar-refractivity contribution in [3.63, 3.8) is 0 Å². The molecule has 3 nitrogen and oxygen atoms in total. The Kier molecular flexibility index (Phi) is 4.84. The van der Waals surface area contributed by atoms with Crippen molar-refractivity contribution in [1.82, 2.24) is 10.2 Å². The molecule has 0 aromatic carbocycles. The highest BCUT2D eigenvalue weighted by atomic mass is 16.2. The Morgan fingerprint density at radius 1 is 1.18 bits per heavy atom. The molecule has 0 aromatic rings. The second kappa shape index (κ2) is 6.39. The minimum absolute atomic E-state index is 0.113. The predicted molar refractivity (Wildman–Crippen MR) is 69.9 cm³/mol. The summed E-state index contributed by atoms with van der Waals surface area (Å²) in [4.78, 5) is 14.5. The van der Waals surface area contributed by atoms with Gasteiger partial charge in [-0.2, -0.15) is 0 Å². The largest absolute Gasteiger partial charge is 0.341 e. The third kappa shape index (κ3) is 3.44. The molecule has 2 saturated heterocycles. The third-order valence-corrected chi connectivity index (χ3v) is 4.35. The van der Waals surface area contributed by atoms with Gasteiger partial charge in [-0.3, -0.25) is 4.79 Å². The van der Waals surface area contributed by atoms with Crippen LogP contribution in [0.2, 0.25) is 0 Å². The predicted octanol–water partition coefficient (Wildman–Crippen LogP) is 2.17. The summed E-state index contributed by atoms with van der Waals surface area (Å²) in [7, 11) is 0. The van der Waals surface area contributed by atoms with E-state index in [2.05, 4.69) is 17.1 Å². The fraction of sp³-hybridized carbons (Fsp3) is 0.929. The second-order valence-corrected chi connectivity index (χ2v) is 5.53. The molecule has 1 amide bonds. The van der Waals surface area contributed by atoms with E-state index < -0.39 is 0 Å². The normalized spacial score (nSPS) is 31.0. The number of amides is 1. The van der Waals surface area contributed by atoms with E-state index in [1.54, 1.807) is 0 Å². The van der Waals surface area contributed by atoms with Gasteiger partial charge in [0.2, 0.25) is 5.91 Å². The zero-order valence-corrected chi connectivity index (χ0v) is 11.1. The monoisotopic (exact) mass is 238 g/mol. The van der Waals surface area contributed by atoms with Gasteiger partial charge in [-0.1, -0.05) is 19.8 Å². The van der Waals surface area contributed by atoms with Gasteiger partial charge in [-0.05, 0) is 44.6 Å². The van der Waals surface area contributed by atoms with E-state index in [1.807, 2.05) is 0 Å². The molecule has 17 heavy (non-hydrogen) atoms. The summed E-state index contributed by atoms with van der Waals surface area (Å²) in [5, 5.41) is 3.37. The molecule has 2 rings (SSSR count). The molecule has 0 aliphatic carbocycles. The van der Waals surface area contributed by atoms with Crippen molar-refractivity contribution >= 4 is 5.91 Å². The van der Waals surface area contributed by atoms with Crippen LogP contribution in [0.5, 0.6) is 0 Å². The molecule has 2 heterocycles. The summed E-state index contributed by atoms with van der Waals surface area (Å²) in [6, 6.07) is 0.113. The van der Waals surface area contributed by atoms with Gasteiger partial charge in [0.1, 0.15) is 0 Å². The standard InChI is InChI=1S/C14H26N2O/c1-2-12-6-5-10-16(11-8-12)14(17)13-7-3-4-9-15-13/h12-13,15H,2-11H2,1H3/t12?,13-/m0/s1. The van der Waals surface area contributed by atoms with Gasteiger partial charge in [-0.25, -0.2) is 0 Å². The molecule has 2 atom stereocenters. The van der Waals surface area contributed by atoms with E-state index in [4.69, 9.17) is 0 Å². The van der Waals surface area contributed by atoms with Crippen LogP contribution in [-0.4, -0.2) is 36.5 Å². The first-order chi connectivity index (χ1) is 8.31. The van der Waals surface area contributed by atoms with Gasteiger partial charge < -0.3 is 10.2 Å². The van der Waals surface area contributed by atoms with E-state index in [0.29, 0.717) is 5.91 Å². The molecule has 0 spiro atoms. The Morgan fingerprint density at radius 3 is 2.76 bits per heavy atom. The minimum atomic E-state index is 0.113. The summed E-state index contributed by atoms with van der Waals surface area (Å²) in [5.41, 5.74) is 0. The van der Waals surface area contributed by atoms with Crippen LogP contribution in [0.15, 0.2) is 0 Å². The Balaban J connectivity index is 1.85. The van der Waals surface area contributed by atoms with Crippen molar-refractivity contribution in [3.05, 3.63) is 0 Å². The fourth-order valence-corrected chi connectivity index (χ4v) is 3.08. The number of nitrogens with zero attached hydrogens (tertiary/aromatic N) is 1. The molecule has 2 aliphatic rings. The Labute approximate surface area is 105 Å². The first-order valence-corrected chi connectivity index (χ1v) is 7.33. The van der Waals surface area contributed by atoms with Crippen LogP contribution >= 0.6 is 0 Å². The van der Waals surface area contributed by atoms with Crippen LogP contribution in [-0.2, 0) is 4.79 Å². The lowest BCUT2D eigenvalue weighted by Gasteiger charge is -2.29. The molecule has 0 bridgehead atoms. The van der Waals surface area contributed by atoms with Crippen LogP contribution < -0.4 is 5.32 Å². The maximum absolute atomic E-state index is 12.4. The average molecular weight is 238 g/mol. The summed E-state index contributed by atoms with van der Waals surface area (Å²) < 4.78 is 0. The highest BCUT2D eigenvalue weighted by Gasteiger charge is 2.27. The lowest BCUT2D eigenvalue weighted by molar-refractivity contribution is -0.134. The molecule has 0 saturated carbocycles. The highest BCUT2D eigenvalue weighted by Crippen LogP contribution is 2.21. The lowest BCUT2D eigenvalue weighted by Crippen LogP contribution is -2.48. The third-order valence-electron chi connectivity index (χ3n) is 4.35. The molecule has 0 aromatic heterocycles. The topological polar surface area (TPSA) is 32.3 Å². The first-order valence-electron chi connectivity index (χ1n) is 7.33. The SMILES string of the molecule is CCC1CCCN(C(=O)[C@@H]2CCCCN2)CC1. The number of piperidine rings is 1. The van der Waals surface area contributed by atoms with E-state index >= 15 is 0 Å². The molecule has 2 fully saturated rings. The van der Waals surface area contributed by atoms with Gasteiger partial charge in [0.15, 0.2) is 0 Å². The first kappa shape index (κ1) is 12.9. The van der Waals surface area contributed by atoms with Gasteiger partial charge in [-0.15, -0.1) is 0 Å². The van der Waals surface area contributed by atoms with Gasteiger partial charge in [0.05, 0.1) is 6.04 Å². The zero-order chi connectivity index (χ0) is 12.1. The molecule has 1 N–H and O–H groups in total. The second-order valence-electron chi connectivity index (χ2n) is 5.53. The van der Waals surface area contributed by atoms with Crippen molar-refractivity contribution < 1.29 is 4.79 Å². The molecule has 0 radical (unpaired) electrons. The van der Waals surface area contributed by atoms with E-state index in [1.165, 1.54) is 38.5 Å². The number of likely N-dealkylation sites (tertiary alicyclic amines) is 1. The molecule has 1 unspecified atom stereocenters. The smallest absolute Gasteiger partial charge is 0.239 e. The van der Waals surface area contributed by atoms with Crippen molar-refractivity contribution in [2.45, 2.75) is 57.9 Å². The van der Waals surface area contributed by atoms with Crippen LogP contribution in [0.25, 0.3) is 0 Å². The average Bonchev–Trinajstić information content (AvgIpc) is 2.64. The Hall–Kier alpha value is -0.570. The molecular formula is C14H26N2O. The highest BCUT2D eigenvalue weighted by molar-refractivity contribution is 5.82. The number of carbonyl (C=O) groups excluding carboxylic acids is 1. The summed E-state index contributed by atoms with van der Waals surface area (Å²) in [6.07, 6.45) is 8.43. The van der Waals surface area contributed by atoms with Crippen LogP contribution in [0, 0.1) is 5.92 Å². The van der Waals surface area contributed by atoms with Gasteiger partial charge in [0.25, 0.3) is 0 Å². The number of hydrogen-bond acceptors (Lipinski definition) is 2. The quantitative estimate of drug-likeness (QED) is 0.799. The van der Waals surface area contributed by atoms with Crippen LogP contribution in [0.3, 0.4) is 0 Å². The molecule has 2 aliphatic heterocycles. The van der Waals surface area contributed by atoms with E-state index in [0.717, 1.165) is 32.0 Å². The summed E-state index contributed by atoms with van der Waals surface area (Å²) in [6.45, 7) is 5.25. The maximum atomic E-state index is 12.4. The van der Waals surface area contributed by atoms with Crippen LogP contribution in [0.4, 0.5) is 0 Å². The van der Waals surface area contributed by atoms with Crippen molar-refractivity contribution in [2.24, 2.45) is 5.92 Å². The molecule has 3 heteroatoms. The van der Waals surface area contributed by atoms with Gasteiger partial charge >= 0.3 is 0 Å². The Morgan fingerprint density at radius 2 is 2.06 bits per heavy atom. The zero-order valence-electron chi connectivity index (χ0n) is 11.1. The summed E-state index contributed by atoms with van der Waals surface area (Å²) >= 11 is 0. The van der Waals surface area contributed by atoms with Crippen molar-refractivity contribution in [2.75, 3.05) is 19.6 Å². The number of nitrogens with one attached hydrogen (secondary N) is 1. The lowest BCUT2D eigenvalue weighted by atomic mass is 9.98. The molecular weight excluding hydrogens is 212 g/mol. The van der Waals surface area contributed by atoms with Crippen molar-refractivity contribution in [3.8, 4) is 0 Å². The van der Waals surface area contributed by atoms with E-state index in [9.17, 15) is 4.79 Å². The fourth-order valence-electron chi connectivity index (χ4n) is 3.08. The number of hydrogen-bond donors (Lipinski definition) is 1. The minimum Gasteiger partial charge on any atom is -0.341 e. The molecule has 98 valence electrons. The summed E-state index contributed by atoms with van der Waals surface area (Å²) in [5.74, 6) is 1.20. The number of carbonyl (C=O) groups is 1.